The van der Waals surface area contributed by atoms with Crippen LogP contribution in [0.1, 0.15) is 24.3 Å². The van der Waals surface area contributed by atoms with Crippen LogP contribution in [-0.2, 0) is 0 Å². The molecule has 4 nitrogen and oxygen atoms in total. The Hall–Kier alpha value is -1.40. The summed E-state index contributed by atoms with van der Waals surface area (Å²) in [6.07, 6.45) is 0.912. The van der Waals surface area contributed by atoms with Crippen LogP contribution in [-0.4, -0.2) is 4.92 Å². The lowest BCUT2D eigenvalue weighted by atomic mass is 10.1. The molecular weight excluding hydrogens is 328 g/mol. The fraction of sp³-hybridized carbons (Fsp3) is 0.231. The van der Waals surface area contributed by atoms with Crippen molar-refractivity contribution in [2.45, 2.75) is 19.4 Å². The van der Waals surface area contributed by atoms with Crippen molar-refractivity contribution in [1.82, 2.24) is 0 Å². The number of rotatable bonds is 5. The molecule has 1 unspecified atom stereocenters. The van der Waals surface area contributed by atoms with Gasteiger partial charge in [-0.15, -0.1) is 11.3 Å². The van der Waals surface area contributed by atoms with Gasteiger partial charge >= 0.3 is 0 Å². The third-order valence-electron chi connectivity index (χ3n) is 2.79. The highest BCUT2D eigenvalue weighted by atomic mass is 79.9. The van der Waals surface area contributed by atoms with E-state index in [1.165, 1.54) is 10.9 Å². The summed E-state index contributed by atoms with van der Waals surface area (Å²) in [4.78, 5) is 11.7. The van der Waals surface area contributed by atoms with Gasteiger partial charge in [0.25, 0.3) is 5.69 Å². The van der Waals surface area contributed by atoms with E-state index >= 15 is 0 Å². The maximum atomic E-state index is 10.8. The third kappa shape index (κ3) is 3.33. The van der Waals surface area contributed by atoms with Crippen molar-refractivity contribution in [3.8, 4) is 0 Å². The Morgan fingerprint density at radius 3 is 2.84 bits per heavy atom. The summed E-state index contributed by atoms with van der Waals surface area (Å²) in [6.45, 7) is 2.09. The highest BCUT2D eigenvalue weighted by molar-refractivity contribution is 9.10. The molecule has 1 aromatic carbocycles. The minimum Gasteiger partial charge on any atom is -0.376 e. The molecule has 0 aliphatic heterocycles. The predicted octanol–water partition coefficient (Wildman–Crippen LogP) is 4.98. The molecule has 2 aromatic rings. The summed E-state index contributed by atoms with van der Waals surface area (Å²) in [5.41, 5.74) is 0.834. The van der Waals surface area contributed by atoms with Gasteiger partial charge in [-0.1, -0.05) is 13.0 Å². The van der Waals surface area contributed by atoms with E-state index < -0.39 is 0 Å². The zero-order valence-corrected chi connectivity index (χ0v) is 12.7. The summed E-state index contributed by atoms with van der Waals surface area (Å²) >= 11 is 5.10. The Kier molecular flexibility index (Phi) is 4.55. The van der Waals surface area contributed by atoms with Gasteiger partial charge in [0.15, 0.2) is 0 Å². The van der Waals surface area contributed by atoms with E-state index in [9.17, 15) is 10.1 Å². The Balaban J connectivity index is 2.26. The zero-order valence-electron chi connectivity index (χ0n) is 10.3. The Morgan fingerprint density at radius 1 is 1.47 bits per heavy atom. The van der Waals surface area contributed by atoms with Crippen molar-refractivity contribution in [2.24, 2.45) is 0 Å². The van der Waals surface area contributed by atoms with Crippen LogP contribution in [0.25, 0.3) is 0 Å². The molecule has 1 aromatic heterocycles. The smallest absolute Gasteiger partial charge is 0.271 e. The summed E-state index contributed by atoms with van der Waals surface area (Å²) < 4.78 is 0.827. The molecule has 0 amide bonds. The Bertz CT molecular complexity index is 572. The minimum absolute atomic E-state index is 0.0896. The quantitative estimate of drug-likeness (QED) is 0.616. The fourth-order valence-electron chi connectivity index (χ4n) is 1.79. The molecule has 0 fully saturated rings. The lowest BCUT2D eigenvalue weighted by Gasteiger charge is -2.17. The van der Waals surface area contributed by atoms with E-state index in [0.29, 0.717) is 0 Å². The summed E-state index contributed by atoms with van der Waals surface area (Å²) in [5, 5.41) is 16.2. The number of nitro groups is 1. The number of nitrogens with zero attached hydrogens (tertiary/aromatic N) is 1. The van der Waals surface area contributed by atoms with Gasteiger partial charge < -0.3 is 5.32 Å². The Morgan fingerprint density at radius 2 is 2.26 bits per heavy atom. The van der Waals surface area contributed by atoms with E-state index in [0.717, 1.165) is 16.6 Å². The van der Waals surface area contributed by atoms with Gasteiger partial charge in [0, 0.05) is 21.5 Å². The van der Waals surface area contributed by atoms with E-state index in [1.807, 2.05) is 11.4 Å². The molecule has 0 radical (unpaired) electrons. The van der Waals surface area contributed by atoms with E-state index in [4.69, 9.17) is 0 Å². The molecule has 0 saturated carbocycles. The van der Waals surface area contributed by atoms with Crippen LogP contribution in [0.4, 0.5) is 11.4 Å². The lowest BCUT2D eigenvalue weighted by molar-refractivity contribution is -0.384. The maximum absolute atomic E-state index is 10.8. The first kappa shape index (κ1) is 14.0. The topological polar surface area (TPSA) is 55.2 Å². The molecule has 0 spiro atoms. The van der Waals surface area contributed by atoms with Crippen LogP contribution in [0.2, 0.25) is 0 Å². The molecule has 0 saturated heterocycles. The molecule has 0 bridgehead atoms. The van der Waals surface area contributed by atoms with Gasteiger partial charge in [0.2, 0.25) is 0 Å². The van der Waals surface area contributed by atoms with Crippen molar-refractivity contribution in [1.29, 1.82) is 0 Å². The second-order valence-electron chi connectivity index (χ2n) is 4.04. The second kappa shape index (κ2) is 6.16. The molecule has 1 N–H and O–H groups in total. The van der Waals surface area contributed by atoms with Crippen molar-refractivity contribution in [2.75, 3.05) is 5.32 Å². The molecule has 1 heterocycles. The summed E-state index contributed by atoms with van der Waals surface area (Å²) in [6, 6.07) is 8.98. The van der Waals surface area contributed by atoms with Crippen molar-refractivity contribution >= 4 is 38.6 Å². The maximum Gasteiger partial charge on any atom is 0.271 e. The average Bonchev–Trinajstić information content (AvgIpc) is 2.91. The largest absolute Gasteiger partial charge is 0.376 e. The minimum atomic E-state index is -0.385. The van der Waals surface area contributed by atoms with Gasteiger partial charge in [-0.05, 0) is 39.9 Å². The number of thiophene rings is 1. The number of non-ortho nitro benzene ring substituents is 1. The zero-order chi connectivity index (χ0) is 13.8. The van der Waals surface area contributed by atoms with Crippen LogP contribution >= 0.6 is 27.3 Å². The first-order valence-electron chi connectivity index (χ1n) is 5.85. The van der Waals surface area contributed by atoms with Gasteiger partial charge in [0.05, 0.1) is 16.7 Å². The van der Waals surface area contributed by atoms with Crippen LogP contribution in [0.15, 0.2) is 40.2 Å². The highest BCUT2D eigenvalue weighted by Gasteiger charge is 2.14. The van der Waals surface area contributed by atoms with Crippen molar-refractivity contribution in [3.05, 3.63) is 55.2 Å². The summed E-state index contributed by atoms with van der Waals surface area (Å²) in [7, 11) is 0. The van der Waals surface area contributed by atoms with Gasteiger partial charge in [-0.2, -0.15) is 0 Å². The normalized spacial score (nSPS) is 12.1. The Labute approximate surface area is 123 Å². The molecule has 0 aliphatic carbocycles. The van der Waals surface area contributed by atoms with Crippen LogP contribution in [0, 0.1) is 10.1 Å². The van der Waals surface area contributed by atoms with Crippen molar-refractivity contribution < 1.29 is 4.92 Å². The van der Waals surface area contributed by atoms with E-state index in [-0.39, 0.29) is 16.7 Å². The van der Waals surface area contributed by atoms with Gasteiger partial charge in [-0.25, -0.2) is 0 Å². The van der Waals surface area contributed by atoms with E-state index in [1.54, 1.807) is 23.5 Å². The van der Waals surface area contributed by atoms with Gasteiger partial charge in [-0.3, -0.25) is 10.1 Å². The average molecular weight is 341 g/mol. The molecule has 1 atom stereocenters. The number of anilines is 1. The monoisotopic (exact) mass is 340 g/mol. The molecule has 100 valence electrons. The second-order valence-corrected chi connectivity index (χ2v) is 5.88. The molecular formula is C13H13BrN2O2S. The van der Waals surface area contributed by atoms with Crippen molar-refractivity contribution in [3.63, 3.8) is 0 Å². The molecule has 19 heavy (non-hydrogen) atoms. The van der Waals surface area contributed by atoms with E-state index in [2.05, 4.69) is 34.2 Å². The highest BCUT2D eigenvalue weighted by Crippen LogP contribution is 2.32. The standard InChI is InChI=1S/C13H13BrN2O2S/c1-2-11(13-4-3-7-19-13)15-12-8-9(16(17)18)5-6-10(12)14/h3-8,11,15H,2H2,1H3. The SMILES string of the molecule is CCC(Nc1cc([N+](=O)[O-])ccc1Br)c1cccs1. The summed E-state index contributed by atoms with van der Waals surface area (Å²) in [5.74, 6) is 0. The number of nitrogens with one attached hydrogen (secondary N) is 1. The van der Waals surface area contributed by atoms with Crippen LogP contribution < -0.4 is 5.32 Å². The number of hydrogen-bond acceptors (Lipinski definition) is 4. The molecule has 2 rings (SSSR count). The molecule has 6 heteroatoms. The van der Waals surface area contributed by atoms with Crippen LogP contribution in [0.3, 0.4) is 0 Å². The predicted molar refractivity (Wildman–Crippen MR) is 81.8 cm³/mol. The molecule has 0 aliphatic rings. The third-order valence-corrected chi connectivity index (χ3v) is 4.46. The van der Waals surface area contributed by atoms with Crippen LogP contribution in [0.5, 0.6) is 0 Å². The first-order chi connectivity index (χ1) is 9.11. The van der Waals surface area contributed by atoms with Gasteiger partial charge in [0.1, 0.15) is 0 Å². The first-order valence-corrected chi connectivity index (χ1v) is 7.53. The number of halogens is 1. The fourth-order valence-corrected chi connectivity index (χ4v) is 3.01. The number of nitro benzene ring substituents is 1. The number of benzene rings is 1. The number of hydrogen-bond donors (Lipinski definition) is 1. The lowest BCUT2D eigenvalue weighted by Crippen LogP contribution is -2.08.